The molecule has 0 spiro atoms. The molecule has 132 valence electrons. The van der Waals surface area contributed by atoms with Gasteiger partial charge in [0, 0.05) is 19.8 Å². The summed E-state index contributed by atoms with van der Waals surface area (Å²) in [6.07, 6.45) is 14.1. The van der Waals surface area contributed by atoms with E-state index in [9.17, 15) is 0 Å². The largest absolute Gasteiger partial charge is 0.529 e. The molecule has 0 saturated heterocycles. The molecule has 0 saturated carbocycles. The van der Waals surface area contributed by atoms with E-state index in [0.717, 1.165) is 6.42 Å². The van der Waals surface area contributed by atoms with Gasteiger partial charge >= 0.3 is 8.80 Å². The topological polar surface area (TPSA) is 27.7 Å². The molecule has 0 aliphatic rings. The van der Waals surface area contributed by atoms with Gasteiger partial charge in [0.1, 0.15) is 0 Å². The molecule has 3 nitrogen and oxygen atoms in total. The van der Waals surface area contributed by atoms with Crippen LogP contribution in [0.1, 0.15) is 85.5 Å². The number of hydrogen-bond donors (Lipinski definition) is 0. The molecule has 0 N–H and O–H groups in total. The van der Waals surface area contributed by atoms with Gasteiger partial charge in [-0.1, -0.05) is 57.9 Å². The Kier molecular flexibility index (Phi) is 15.6. The second kappa shape index (κ2) is 15.7. The maximum atomic E-state index is 5.80. The Bertz CT molecular complexity index is 240. The van der Waals surface area contributed by atoms with Gasteiger partial charge in [-0.05, 0) is 39.3 Å². The summed E-state index contributed by atoms with van der Waals surface area (Å²) < 4.78 is 17.4. The van der Waals surface area contributed by atoms with E-state index >= 15 is 0 Å². The molecule has 0 heterocycles. The normalized spacial score (nSPS) is 12.4. The van der Waals surface area contributed by atoms with Crippen molar-refractivity contribution in [3.05, 3.63) is 11.8 Å². The minimum atomic E-state index is -2.57. The zero-order chi connectivity index (χ0) is 16.5. The highest BCUT2D eigenvalue weighted by Gasteiger charge is 2.37. The summed E-state index contributed by atoms with van der Waals surface area (Å²) >= 11 is 0. The molecular formula is C18H38O3Si. The number of allylic oxidation sites excluding steroid dienone is 1. The molecule has 0 aliphatic carbocycles. The van der Waals surface area contributed by atoms with Crippen LogP contribution in [0.3, 0.4) is 0 Å². The molecule has 0 aromatic carbocycles. The van der Waals surface area contributed by atoms with Crippen LogP contribution in [0.5, 0.6) is 0 Å². The fraction of sp³-hybridized carbons (Fsp3) is 0.889. The predicted molar refractivity (Wildman–Crippen MR) is 97.0 cm³/mol. The molecule has 0 aromatic rings. The Labute approximate surface area is 139 Å². The highest BCUT2D eigenvalue weighted by atomic mass is 28.4. The van der Waals surface area contributed by atoms with E-state index in [1.165, 1.54) is 51.4 Å². The van der Waals surface area contributed by atoms with E-state index in [1.54, 1.807) is 0 Å². The minimum Gasteiger partial charge on any atom is -0.371 e. The van der Waals surface area contributed by atoms with Crippen LogP contribution in [0, 0.1) is 0 Å². The third-order valence-corrected chi connectivity index (χ3v) is 6.30. The summed E-state index contributed by atoms with van der Waals surface area (Å²) in [4.78, 5) is 0. The van der Waals surface area contributed by atoms with Gasteiger partial charge in [0.05, 0.1) is 0 Å². The number of unbranched alkanes of at least 4 members (excludes halogenated alkanes) is 8. The molecule has 0 aliphatic heterocycles. The van der Waals surface area contributed by atoms with Crippen molar-refractivity contribution in [1.29, 1.82) is 0 Å². The third-order valence-electron chi connectivity index (χ3n) is 3.58. The van der Waals surface area contributed by atoms with Crippen LogP contribution in [0.15, 0.2) is 11.8 Å². The first-order chi connectivity index (χ1) is 10.7. The molecule has 4 heteroatoms. The lowest BCUT2D eigenvalue weighted by atomic mass is 10.1. The van der Waals surface area contributed by atoms with Crippen molar-refractivity contribution in [3.8, 4) is 0 Å². The average Bonchev–Trinajstić information content (AvgIpc) is 2.50. The van der Waals surface area contributed by atoms with Gasteiger partial charge in [-0.15, -0.1) is 0 Å². The number of hydrogen-bond acceptors (Lipinski definition) is 3. The van der Waals surface area contributed by atoms with E-state index < -0.39 is 8.80 Å². The maximum absolute atomic E-state index is 5.80. The van der Waals surface area contributed by atoms with Crippen LogP contribution >= 0.6 is 0 Å². The molecule has 0 rings (SSSR count). The Balaban J connectivity index is 3.89. The SMILES string of the molecule is CCCCCCCCCC/C=C\[Si](OCC)(OCC)OCC. The first kappa shape index (κ1) is 21.8. The van der Waals surface area contributed by atoms with Crippen molar-refractivity contribution in [2.45, 2.75) is 85.5 Å². The van der Waals surface area contributed by atoms with Crippen molar-refractivity contribution in [2.24, 2.45) is 0 Å². The van der Waals surface area contributed by atoms with Crippen LogP contribution in [-0.4, -0.2) is 28.6 Å². The van der Waals surface area contributed by atoms with Crippen LogP contribution in [0.4, 0.5) is 0 Å². The van der Waals surface area contributed by atoms with Crippen molar-refractivity contribution in [1.82, 2.24) is 0 Å². The lowest BCUT2D eigenvalue weighted by molar-refractivity contribution is 0.0842. The second-order valence-electron chi connectivity index (χ2n) is 5.57. The van der Waals surface area contributed by atoms with E-state index in [0.29, 0.717) is 19.8 Å². The Morgan fingerprint density at radius 2 is 1.09 bits per heavy atom. The summed E-state index contributed by atoms with van der Waals surface area (Å²) in [6, 6.07) is 0. The molecule has 0 radical (unpaired) electrons. The highest BCUT2D eigenvalue weighted by molar-refractivity contribution is 6.66. The average molecular weight is 331 g/mol. The molecule has 0 fully saturated rings. The van der Waals surface area contributed by atoms with Crippen LogP contribution in [0.25, 0.3) is 0 Å². The quantitative estimate of drug-likeness (QED) is 0.270. The van der Waals surface area contributed by atoms with E-state index in [-0.39, 0.29) is 0 Å². The lowest BCUT2D eigenvalue weighted by Gasteiger charge is -2.25. The first-order valence-corrected chi connectivity index (χ1v) is 11.1. The van der Waals surface area contributed by atoms with Crippen molar-refractivity contribution in [3.63, 3.8) is 0 Å². The van der Waals surface area contributed by atoms with Gasteiger partial charge in [0.25, 0.3) is 0 Å². The Morgan fingerprint density at radius 3 is 1.55 bits per heavy atom. The van der Waals surface area contributed by atoms with Crippen LogP contribution in [-0.2, 0) is 13.3 Å². The van der Waals surface area contributed by atoms with Crippen LogP contribution < -0.4 is 0 Å². The first-order valence-electron chi connectivity index (χ1n) is 9.34. The minimum absolute atomic E-state index is 0.633. The Hall–Kier alpha value is -0.163. The van der Waals surface area contributed by atoms with Crippen LogP contribution in [0.2, 0.25) is 0 Å². The monoisotopic (exact) mass is 330 g/mol. The van der Waals surface area contributed by atoms with Crippen molar-refractivity contribution >= 4 is 8.80 Å². The number of rotatable bonds is 16. The second-order valence-corrected chi connectivity index (χ2v) is 7.97. The zero-order valence-corrected chi connectivity index (χ0v) is 16.4. The summed E-state index contributed by atoms with van der Waals surface area (Å²) in [5.41, 5.74) is 2.07. The fourth-order valence-electron chi connectivity index (χ4n) is 2.50. The van der Waals surface area contributed by atoms with Gasteiger partial charge in [-0.25, -0.2) is 0 Å². The third kappa shape index (κ3) is 11.4. The molecule has 0 bridgehead atoms. The molecule has 0 unspecified atom stereocenters. The zero-order valence-electron chi connectivity index (χ0n) is 15.4. The molecule has 0 atom stereocenters. The fourth-order valence-corrected chi connectivity index (χ4v) is 4.70. The van der Waals surface area contributed by atoms with Crippen molar-refractivity contribution < 1.29 is 13.3 Å². The standard InChI is InChI=1S/C18H38O3Si/c1-5-9-10-11-12-13-14-15-16-17-18-22(19-6-2,20-7-3)21-8-4/h17-18H,5-16H2,1-4H3/b18-17-. The van der Waals surface area contributed by atoms with Crippen molar-refractivity contribution in [2.75, 3.05) is 19.8 Å². The smallest absolute Gasteiger partial charge is 0.371 e. The maximum Gasteiger partial charge on any atom is 0.529 e. The summed E-state index contributed by atoms with van der Waals surface area (Å²) in [5.74, 6) is 0. The Morgan fingerprint density at radius 1 is 0.636 bits per heavy atom. The molecular weight excluding hydrogens is 292 g/mol. The van der Waals surface area contributed by atoms with Gasteiger partial charge in [0.15, 0.2) is 0 Å². The van der Waals surface area contributed by atoms with Gasteiger partial charge in [-0.3, -0.25) is 0 Å². The van der Waals surface area contributed by atoms with Gasteiger partial charge in [-0.2, -0.15) is 0 Å². The highest BCUT2D eigenvalue weighted by Crippen LogP contribution is 2.14. The molecule has 0 amide bonds. The lowest BCUT2D eigenvalue weighted by Crippen LogP contribution is -2.44. The van der Waals surface area contributed by atoms with E-state index in [2.05, 4.69) is 18.7 Å². The van der Waals surface area contributed by atoms with E-state index in [4.69, 9.17) is 13.3 Å². The predicted octanol–water partition coefficient (Wildman–Crippen LogP) is 5.66. The van der Waals surface area contributed by atoms with Gasteiger partial charge < -0.3 is 13.3 Å². The van der Waals surface area contributed by atoms with Gasteiger partial charge in [0.2, 0.25) is 0 Å². The summed E-state index contributed by atoms with van der Waals surface area (Å²) in [7, 11) is -2.57. The van der Waals surface area contributed by atoms with E-state index in [1.807, 2.05) is 20.8 Å². The summed E-state index contributed by atoms with van der Waals surface area (Å²) in [5, 5.41) is 0. The molecule has 22 heavy (non-hydrogen) atoms. The summed E-state index contributed by atoms with van der Waals surface area (Å²) in [6.45, 7) is 10.1. The molecule has 0 aromatic heterocycles.